The van der Waals surface area contributed by atoms with Crippen molar-refractivity contribution in [3.63, 3.8) is 0 Å². The summed E-state index contributed by atoms with van der Waals surface area (Å²) in [6, 6.07) is 8.47. The molecule has 28 heavy (non-hydrogen) atoms. The monoisotopic (exact) mass is 499 g/mol. The van der Waals surface area contributed by atoms with Crippen LogP contribution in [0.5, 0.6) is 28.7 Å². The number of methoxy groups -OCH3 is 3. The number of quaternary nitrogens is 1. The van der Waals surface area contributed by atoms with E-state index in [0.717, 1.165) is 34.5 Å². The molecule has 1 unspecified atom stereocenters. The minimum Gasteiger partial charge on any atom is -1.00 e. The number of fused-ring (bicyclic) bond motifs is 2. The summed E-state index contributed by atoms with van der Waals surface area (Å²) in [6.45, 7) is 1.30. The Morgan fingerprint density at radius 2 is 1.50 bits per heavy atom. The summed E-state index contributed by atoms with van der Waals surface area (Å²) in [5.41, 5.74) is 3.68. The number of halogens is 1. The van der Waals surface area contributed by atoms with Crippen molar-refractivity contribution in [3.05, 3.63) is 41.0 Å². The van der Waals surface area contributed by atoms with E-state index < -0.39 is 0 Å². The van der Waals surface area contributed by atoms with Gasteiger partial charge in [0.1, 0.15) is 6.04 Å². The first-order chi connectivity index (χ1) is 13.0. The molecule has 6 nitrogen and oxygen atoms in total. The molecule has 0 aliphatic carbocycles. The smallest absolute Gasteiger partial charge is 0.231 e. The Balaban J connectivity index is 0.00000225. The quantitative estimate of drug-likeness (QED) is 0.444. The largest absolute Gasteiger partial charge is 1.00 e. The predicted octanol–water partition coefficient (Wildman–Crippen LogP) is 0.167. The molecule has 0 aromatic heterocycles. The molecule has 0 radical (unpaired) electrons. The summed E-state index contributed by atoms with van der Waals surface area (Å²) < 4.78 is 28.7. The van der Waals surface area contributed by atoms with E-state index in [-0.39, 0.29) is 36.8 Å². The fourth-order valence-corrected chi connectivity index (χ4v) is 4.23. The molecule has 152 valence electrons. The summed E-state index contributed by atoms with van der Waals surface area (Å²) in [5, 5.41) is 0. The molecule has 7 heteroatoms. The number of rotatable bonds is 4. The van der Waals surface area contributed by atoms with E-state index in [4.69, 9.17) is 23.7 Å². The van der Waals surface area contributed by atoms with E-state index in [1.54, 1.807) is 21.3 Å². The molecule has 2 aromatic carbocycles. The number of hydrogen-bond donors (Lipinski definition) is 0. The van der Waals surface area contributed by atoms with E-state index in [0.29, 0.717) is 17.2 Å². The van der Waals surface area contributed by atoms with Crippen molar-refractivity contribution in [2.75, 3.05) is 48.8 Å². The van der Waals surface area contributed by atoms with Crippen LogP contribution in [-0.2, 0) is 6.42 Å². The average molecular weight is 499 g/mol. The molecule has 4 rings (SSSR count). The Bertz CT molecular complexity index is 858. The summed E-state index contributed by atoms with van der Waals surface area (Å²) in [5.74, 6) is 3.59. The second kappa shape index (κ2) is 7.87. The van der Waals surface area contributed by atoms with Gasteiger partial charge in [0.05, 0.1) is 42.0 Å². The molecule has 0 spiro atoms. The van der Waals surface area contributed by atoms with Gasteiger partial charge >= 0.3 is 0 Å². The highest BCUT2D eigenvalue weighted by Crippen LogP contribution is 2.47. The topological polar surface area (TPSA) is 46.2 Å². The average Bonchev–Trinajstić information content (AvgIpc) is 3.12. The molecular formula is C21H26INO5. The van der Waals surface area contributed by atoms with Gasteiger partial charge in [0.2, 0.25) is 12.5 Å². The molecular weight excluding hydrogens is 473 g/mol. The van der Waals surface area contributed by atoms with Crippen LogP contribution in [0.3, 0.4) is 0 Å². The standard InChI is InChI=1S/C21H26NO5.HI/c1-22(2)7-6-13-8-16-17(27-12-26-16)11-15(13)20(22)14-9-18(23-3)21(25-5)19(10-14)24-4;/h8-11,20H,6-7,12H2,1-5H3;1H/q+1;/p-1. The van der Waals surface area contributed by atoms with Gasteiger partial charge in [0, 0.05) is 17.5 Å². The summed E-state index contributed by atoms with van der Waals surface area (Å²) in [6.07, 6.45) is 1.000. The van der Waals surface area contributed by atoms with Gasteiger partial charge in [-0.3, -0.25) is 0 Å². The summed E-state index contributed by atoms with van der Waals surface area (Å²) in [7, 11) is 9.42. The Kier molecular flexibility index (Phi) is 5.86. The Labute approximate surface area is 182 Å². The van der Waals surface area contributed by atoms with Gasteiger partial charge in [-0.05, 0) is 29.8 Å². The van der Waals surface area contributed by atoms with Crippen LogP contribution in [0.2, 0.25) is 0 Å². The van der Waals surface area contributed by atoms with Gasteiger partial charge in [-0.25, -0.2) is 0 Å². The maximum absolute atomic E-state index is 5.64. The molecule has 2 heterocycles. The van der Waals surface area contributed by atoms with Crippen LogP contribution in [-0.4, -0.2) is 53.2 Å². The van der Waals surface area contributed by atoms with Gasteiger partial charge in [0.25, 0.3) is 0 Å². The highest BCUT2D eigenvalue weighted by molar-refractivity contribution is 5.57. The third-order valence-corrected chi connectivity index (χ3v) is 5.59. The molecule has 0 amide bonds. The van der Waals surface area contributed by atoms with Gasteiger partial charge in [-0.15, -0.1) is 0 Å². The Morgan fingerprint density at radius 3 is 2.07 bits per heavy atom. The van der Waals surface area contributed by atoms with Crippen LogP contribution >= 0.6 is 0 Å². The normalized spacial score (nSPS) is 18.7. The number of nitrogens with zero attached hydrogens (tertiary/aromatic N) is 1. The minimum absolute atomic E-state index is 0. The van der Waals surface area contributed by atoms with Crippen LogP contribution in [0.15, 0.2) is 24.3 Å². The van der Waals surface area contributed by atoms with E-state index in [1.807, 2.05) is 12.1 Å². The van der Waals surface area contributed by atoms with E-state index in [1.165, 1.54) is 11.1 Å². The van der Waals surface area contributed by atoms with Crippen LogP contribution < -0.4 is 47.7 Å². The molecule has 2 aromatic rings. The lowest BCUT2D eigenvalue weighted by Gasteiger charge is -2.43. The molecule has 0 saturated carbocycles. The molecule has 2 aliphatic heterocycles. The van der Waals surface area contributed by atoms with Crippen LogP contribution in [0.1, 0.15) is 22.7 Å². The third-order valence-electron chi connectivity index (χ3n) is 5.59. The summed E-state index contributed by atoms with van der Waals surface area (Å²) >= 11 is 0. The predicted molar refractivity (Wildman–Crippen MR) is 101 cm³/mol. The third kappa shape index (κ3) is 3.34. The van der Waals surface area contributed by atoms with E-state index in [2.05, 4.69) is 26.2 Å². The van der Waals surface area contributed by atoms with Crippen LogP contribution in [0.4, 0.5) is 0 Å². The lowest BCUT2D eigenvalue weighted by Crippen LogP contribution is -3.00. The molecule has 1 atom stereocenters. The molecule has 0 N–H and O–H groups in total. The zero-order valence-corrected chi connectivity index (χ0v) is 19.0. The first-order valence-electron chi connectivity index (χ1n) is 9.03. The lowest BCUT2D eigenvalue weighted by molar-refractivity contribution is -0.917. The van der Waals surface area contributed by atoms with Gasteiger partial charge in [0.15, 0.2) is 23.0 Å². The number of ether oxygens (including phenoxy) is 5. The SMILES string of the molecule is COc1cc(C2c3cc4c(cc3CC[N+]2(C)C)OCO4)cc(OC)c1OC.[I-]. The number of hydrogen-bond acceptors (Lipinski definition) is 5. The van der Waals surface area contributed by atoms with E-state index in [9.17, 15) is 0 Å². The van der Waals surface area contributed by atoms with Crippen LogP contribution in [0.25, 0.3) is 0 Å². The first-order valence-corrected chi connectivity index (χ1v) is 9.03. The minimum atomic E-state index is 0. The fraction of sp³-hybridized carbons (Fsp3) is 0.429. The zero-order chi connectivity index (χ0) is 19.2. The van der Waals surface area contributed by atoms with Gasteiger partial charge < -0.3 is 52.1 Å². The molecule has 0 bridgehead atoms. The number of likely N-dealkylation sites (N-methyl/N-ethyl adjacent to an activating group) is 1. The Hall–Kier alpha value is -1.87. The molecule has 0 fully saturated rings. The maximum Gasteiger partial charge on any atom is 0.231 e. The van der Waals surface area contributed by atoms with Crippen molar-refractivity contribution in [1.82, 2.24) is 0 Å². The summed E-state index contributed by atoms with van der Waals surface area (Å²) in [4.78, 5) is 0. The maximum atomic E-state index is 5.64. The second-order valence-corrected chi connectivity index (χ2v) is 7.52. The van der Waals surface area contributed by atoms with Crippen molar-refractivity contribution in [1.29, 1.82) is 0 Å². The van der Waals surface area contributed by atoms with Crippen molar-refractivity contribution in [2.24, 2.45) is 0 Å². The zero-order valence-electron chi connectivity index (χ0n) is 16.9. The highest BCUT2D eigenvalue weighted by Gasteiger charge is 2.39. The second-order valence-electron chi connectivity index (χ2n) is 7.52. The van der Waals surface area contributed by atoms with Crippen LogP contribution in [0, 0.1) is 0 Å². The van der Waals surface area contributed by atoms with Gasteiger partial charge in [-0.2, -0.15) is 0 Å². The van der Waals surface area contributed by atoms with Crippen molar-refractivity contribution in [2.45, 2.75) is 12.5 Å². The number of benzene rings is 2. The Morgan fingerprint density at radius 1 is 0.893 bits per heavy atom. The van der Waals surface area contributed by atoms with E-state index >= 15 is 0 Å². The molecule has 0 saturated heterocycles. The van der Waals surface area contributed by atoms with Crippen molar-refractivity contribution >= 4 is 0 Å². The van der Waals surface area contributed by atoms with Crippen molar-refractivity contribution < 1.29 is 52.1 Å². The fourth-order valence-electron chi connectivity index (χ4n) is 4.23. The van der Waals surface area contributed by atoms with Gasteiger partial charge in [-0.1, -0.05) is 0 Å². The highest BCUT2D eigenvalue weighted by atomic mass is 127. The molecule has 2 aliphatic rings. The van der Waals surface area contributed by atoms with Crippen molar-refractivity contribution in [3.8, 4) is 28.7 Å². The first kappa shape index (κ1) is 20.9. The lowest BCUT2D eigenvalue weighted by atomic mass is 9.86.